The summed E-state index contributed by atoms with van der Waals surface area (Å²) >= 11 is 0. The zero-order valence-electron chi connectivity index (χ0n) is 22.6. The highest BCUT2D eigenvalue weighted by atomic mass is 16.4. The van der Waals surface area contributed by atoms with Crippen molar-refractivity contribution in [2.24, 2.45) is 5.92 Å². The first kappa shape index (κ1) is 26.1. The lowest BCUT2D eigenvalue weighted by molar-refractivity contribution is -0.140. The van der Waals surface area contributed by atoms with E-state index in [1.165, 1.54) is 5.56 Å². The van der Waals surface area contributed by atoms with Crippen molar-refractivity contribution in [3.63, 3.8) is 0 Å². The van der Waals surface area contributed by atoms with Gasteiger partial charge in [0, 0.05) is 17.4 Å². The van der Waals surface area contributed by atoms with Crippen LogP contribution in [0.25, 0.3) is 39.3 Å². The molecule has 200 valence electrons. The molecule has 0 fully saturated rings. The lowest BCUT2D eigenvalue weighted by Gasteiger charge is -2.08. The molecule has 6 aromatic rings. The van der Waals surface area contributed by atoms with Crippen LogP contribution in [0.15, 0.2) is 144 Å². The van der Waals surface area contributed by atoms with Crippen molar-refractivity contribution in [1.29, 1.82) is 0 Å². The van der Waals surface area contributed by atoms with Crippen LogP contribution in [0.5, 0.6) is 0 Å². The van der Waals surface area contributed by atoms with Gasteiger partial charge in [-0.1, -0.05) is 140 Å². The number of aliphatic carboxylic acids is 1. The maximum Gasteiger partial charge on any atom is 0.310 e. The molecule has 5 aromatic carbocycles. The highest BCUT2D eigenvalue weighted by molar-refractivity contribution is 5.96. The van der Waals surface area contributed by atoms with Gasteiger partial charge in [-0.25, -0.2) is 0 Å². The number of carboxylic acid groups (broad SMARTS) is 1. The summed E-state index contributed by atoms with van der Waals surface area (Å²) in [4.78, 5) is 11.8. The summed E-state index contributed by atoms with van der Waals surface area (Å²) in [5.74, 6) is -0.428. The maximum absolute atomic E-state index is 11.8. The summed E-state index contributed by atoms with van der Waals surface area (Å²) in [7, 11) is 0. The first-order chi connectivity index (χ1) is 20.1. The monoisotopic (exact) mass is 534 g/mol. The summed E-state index contributed by atoms with van der Waals surface area (Å²) in [6.45, 7) is 0. The number of fused-ring (bicyclic) bond motifs is 1. The number of rotatable bonds is 9. The Bertz CT molecular complexity index is 1780. The minimum Gasteiger partial charge on any atom is -0.481 e. The van der Waals surface area contributed by atoms with Crippen LogP contribution in [0.1, 0.15) is 22.5 Å². The highest BCUT2D eigenvalue weighted by Crippen LogP contribution is 2.37. The van der Waals surface area contributed by atoms with E-state index in [2.05, 4.69) is 72.8 Å². The van der Waals surface area contributed by atoms with Crippen LogP contribution in [0, 0.1) is 5.92 Å². The van der Waals surface area contributed by atoms with Gasteiger partial charge >= 0.3 is 5.97 Å². The highest BCUT2D eigenvalue weighted by Gasteiger charge is 2.17. The fraction of sp³-hybridized carbons (Fsp3) is 0.0789. The predicted molar refractivity (Wildman–Crippen MR) is 167 cm³/mol. The fourth-order valence-electron chi connectivity index (χ4n) is 5.27. The Hall–Kier alpha value is -5.15. The van der Waals surface area contributed by atoms with Crippen LogP contribution in [0.3, 0.4) is 0 Å². The first-order valence-electron chi connectivity index (χ1n) is 13.8. The Morgan fingerprint density at radius 1 is 0.659 bits per heavy atom. The summed E-state index contributed by atoms with van der Waals surface area (Å²) in [6, 6.07) is 45.2. The van der Waals surface area contributed by atoms with Crippen molar-refractivity contribution >= 4 is 23.0 Å². The van der Waals surface area contributed by atoms with Crippen LogP contribution in [0.2, 0.25) is 0 Å². The number of benzene rings is 5. The minimum atomic E-state index is -0.820. The Kier molecular flexibility index (Phi) is 7.59. The molecule has 0 spiro atoms. The molecule has 1 unspecified atom stereocenters. The molecule has 1 heterocycles. The lowest BCUT2D eigenvalue weighted by atomic mass is 9.96. The number of furan rings is 1. The molecule has 1 aromatic heterocycles. The fourth-order valence-corrected chi connectivity index (χ4v) is 5.27. The van der Waals surface area contributed by atoms with Gasteiger partial charge in [0.05, 0.1) is 5.92 Å². The lowest BCUT2D eigenvalue weighted by Crippen LogP contribution is -2.13. The van der Waals surface area contributed by atoms with Gasteiger partial charge in [0.1, 0.15) is 11.3 Å². The second-order valence-corrected chi connectivity index (χ2v) is 10.3. The number of hydrogen-bond acceptors (Lipinski definition) is 2. The molecule has 6 rings (SSSR count). The summed E-state index contributed by atoms with van der Waals surface area (Å²) in [5.41, 5.74) is 8.59. The van der Waals surface area contributed by atoms with Crippen molar-refractivity contribution in [2.75, 3.05) is 0 Å². The van der Waals surface area contributed by atoms with Crippen molar-refractivity contribution < 1.29 is 14.3 Å². The van der Waals surface area contributed by atoms with Gasteiger partial charge in [-0.3, -0.25) is 4.79 Å². The van der Waals surface area contributed by atoms with Crippen molar-refractivity contribution in [3.8, 4) is 22.3 Å². The van der Waals surface area contributed by atoms with E-state index in [1.807, 2.05) is 66.7 Å². The standard InChI is InChI=1S/C38H30O3/c39-38(40)33(25-28-9-3-1-4-10-28)20-17-27-15-18-30(19-16-27)31-21-23-32(24-22-31)37-34-13-7-8-14-35(34)41-36(37)26-29-11-5-2-6-12-29/h1-24,33H,25-26H2,(H,39,40)/b20-17+. The van der Waals surface area contributed by atoms with Gasteiger partial charge in [0.15, 0.2) is 0 Å². The maximum atomic E-state index is 11.8. The van der Waals surface area contributed by atoms with E-state index in [-0.39, 0.29) is 0 Å². The average Bonchev–Trinajstić information content (AvgIpc) is 3.38. The molecule has 1 atom stereocenters. The predicted octanol–water partition coefficient (Wildman–Crippen LogP) is 9.31. The van der Waals surface area contributed by atoms with E-state index in [0.717, 1.165) is 56.5 Å². The van der Waals surface area contributed by atoms with E-state index in [0.29, 0.717) is 6.42 Å². The minimum absolute atomic E-state index is 0.468. The van der Waals surface area contributed by atoms with E-state index in [9.17, 15) is 9.90 Å². The van der Waals surface area contributed by atoms with Crippen LogP contribution in [0.4, 0.5) is 0 Å². The van der Waals surface area contributed by atoms with Crippen LogP contribution >= 0.6 is 0 Å². The van der Waals surface area contributed by atoms with Gasteiger partial charge in [-0.05, 0) is 45.9 Å². The number of hydrogen-bond donors (Lipinski definition) is 1. The quantitative estimate of drug-likeness (QED) is 0.201. The Labute approximate surface area is 240 Å². The molecule has 0 bridgehead atoms. The molecular formula is C38H30O3. The van der Waals surface area contributed by atoms with Gasteiger partial charge in [-0.2, -0.15) is 0 Å². The third-order valence-electron chi connectivity index (χ3n) is 7.43. The van der Waals surface area contributed by atoms with Crippen LogP contribution in [-0.4, -0.2) is 11.1 Å². The van der Waals surface area contributed by atoms with E-state index in [4.69, 9.17) is 4.42 Å². The normalized spacial score (nSPS) is 12.1. The summed E-state index contributed by atoms with van der Waals surface area (Å²) in [6.07, 6.45) is 4.88. The Morgan fingerprint density at radius 3 is 1.88 bits per heavy atom. The van der Waals surface area contributed by atoms with Crippen molar-refractivity contribution in [3.05, 3.63) is 162 Å². The average molecular weight is 535 g/mol. The second kappa shape index (κ2) is 11.9. The van der Waals surface area contributed by atoms with E-state index < -0.39 is 11.9 Å². The molecule has 41 heavy (non-hydrogen) atoms. The van der Waals surface area contributed by atoms with Crippen LogP contribution in [-0.2, 0) is 17.6 Å². The Morgan fingerprint density at radius 2 is 1.22 bits per heavy atom. The van der Waals surface area contributed by atoms with Crippen LogP contribution < -0.4 is 0 Å². The van der Waals surface area contributed by atoms with Gasteiger partial charge in [-0.15, -0.1) is 0 Å². The summed E-state index contributed by atoms with van der Waals surface area (Å²) in [5, 5.41) is 10.8. The molecule has 0 saturated carbocycles. The smallest absolute Gasteiger partial charge is 0.310 e. The third-order valence-corrected chi connectivity index (χ3v) is 7.43. The largest absolute Gasteiger partial charge is 0.481 e. The SMILES string of the molecule is O=C(O)C(/C=C/c1ccc(-c2ccc(-c3c(Cc4ccccc4)oc4ccccc34)cc2)cc1)Cc1ccccc1. The summed E-state index contributed by atoms with van der Waals surface area (Å²) < 4.78 is 6.33. The molecule has 3 nitrogen and oxygen atoms in total. The van der Waals surface area contributed by atoms with Gasteiger partial charge in [0.25, 0.3) is 0 Å². The molecule has 1 N–H and O–H groups in total. The zero-order chi connectivity index (χ0) is 28.0. The second-order valence-electron chi connectivity index (χ2n) is 10.3. The zero-order valence-corrected chi connectivity index (χ0v) is 22.6. The first-order valence-corrected chi connectivity index (χ1v) is 13.8. The Balaban J connectivity index is 1.22. The number of carboxylic acids is 1. The van der Waals surface area contributed by atoms with Crippen molar-refractivity contribution in [2.45, 2.75) is 12.8 Å². The number of para-hydroxylation sites is 1. The molecule has 0 amide bonds. The van der Waals surface area contributed by atoms with Gasteiger partial charge < -0.3 is 9.52 Å². The third kappa shape index (κ3) is 6.05. The topological polar surface area (TPSA) is 50.4 Å². The van der Waals surface area contributed by atoms with Gasteiger partial charge in [0.2, 0.25) is 0 Å². The van der Waals surface area contributed by atoms with E-state index in [1.54, 1.807) is 6.08 Å². The molecule has 0 saturated heterocycles. The molecule has 0 radical (unpaired) electrons. The van der Waals surface area contributed by atoms with Crippen molar-refractivity contribution in [1.82, 2.24) is 0 Å². The molecule has 0 aliphatic rings. The molecule has 0 aliphatic carbocycles. The molecule has 3 heteroatoms. The molecular weight excluding hydrogens is 504 g/mol. The number of carbonyl (C=O) groups is 1. The van der Waals surface area contributed by atoms with E-state index >= 15 is 0 Å². The molecule has 0 aliphatic heterocycles.